The van der Waals surface area contributed by atoms with Gasteiger partial charge in [-0.2, -0.15) is 0 Å². The number of fused-ring (bicyclic) bond motifs is 3. The molecule has 0 saturated heterocycles. The van der Waals surface area contributed by atoms with Crippen LogP contribution in [0.15, 0.2) is 56.5 Å². The summed E-state index contributed by atoms with van der Waals surface area (Å²) in [5.41, 5.74) is 4.60. The van der Waals surface area contributed by atoms with Crippen molar-refractivity contribution in [2.45, 2.75) is 38.8 Å². The van der Waals surface area contributed by atoms with Gasteiger partial charge in [-0.3, -0.25) is 13.9 Å². The predicted octanol–water partition coefficient (Wildman–Crippen LogP) is 3.07. The summed E-state index contributed by atoms with van der Waals surface area (Å²) < 4.78 is 13.9. The number of nitrogens with zero attached hydrogens (tertiary/aromatic N) is 2. The van der Waals surface area contributed by atoms with E-state index in [4.69, 9.17) is 9.15 Å². The van der Waals surface area contributed by atoms with Crippen molar-refractivity contribution in [3.8, 4) is 0 Å². The average molecular weight is 418 g/mol. The Balaban J connectivity index is 1.33. The summed E-state index contributed by atoms with van der Waals surface area (Å²) in [5, 5.41) is 0.804. The molecule has 31 heavy (non-hydrogen) atoms. The first kappa shape index (κ1) is 19.4. The number of hydrogen-bond acceptors (Lipinski definition) is 5. The molecule has 0 spiro atoms. The van der Waals surface area contributed by atoms with Gasteiger partial charge in [0.25, 0.3) is 0 Å². The maximum Gasteiger partial charge on any atom is 0.336 e. The van der Waals surface area contributed by atoms with Gasteiger partial charge in [-0.1, -0.05) is 12.1 Å². The van der Waals surface area contributed by atoms with Crippen molar-refractivity contribution in [1.29, 1.82) is 0 Å². The van der Waals surface area contributed by atoms with Crippen LogP contribution in [0.4, 0.5) is 0 Å². The van der Waals surface area contributed by atoms with Crippen LogP contribution >= 0.6 is 0 Å². The van der Waals surface area contributed by atoms with Gasteiger partial charge in [-0.15, -0.1) is 0 Å². The van der Waals surface area contributed by atoms with Crippen molar-refractivity contribution in [3.05, 3.63) is 80.1 Å². The second kappa shape index (κ2) is 7.58. The summed E-state index contributed by atoms with van der Waals surface area (Å²) in [6.45, 7) is 0.217. The minimum absolute atomic E-state index is 0.00977. The number of ether oxygens (including phenoxy) is 1. The molecule has 1 aliphatic carbocycles. The number of para-hydroxylation sites is 2. The fraction of sp³-hybridized carbons (Fsp3) is 0.292. The number of carbonyl (C=O) groups is 1. The topological polar surface area (TPSA) is 83.4 Å². The largest absolute Gasteiger partial charge is 0.461 e. The van der Waals surface area contributed by atoms with Gasteiger partial charge in [-0.25, -0.2) is 9.59 Å². The van der Waals surface area contributed by atoms with Crippen molar-refractivity contribution in [2.24, 2.45) is 7.05 Å². The minimum atomic E-state index is -0.459. The summed E-state index contributed by atoms with van der Waals surface area (Å²) in [7, 11) is 1.71. The molecule has 158 valence electrons. The standard InChI is InChI=1S/C24H22N2O5/c1-25-19-7-2-3-8-20(19)26(24(25)29)10-9-22(27)30-14-17-13-23(28)31-21-12-16-6-4-5-15(16)11-18(17)21/h2-3,7-8,11-13H,4-6,9-10,14H2,1H3. The maximum absolute atomic E-state index is 12.5. The molecule has 2 aromatic carbocycles. The molecule has 0 atom stereocenters. The van der Waals surface area contributed by atoms with Gasteiger partial charge in [0.15, 0.2) is 0 Å². The zero-order valence-corrected chi connectivity index (χ0v) is 17.2. The van der Waals surface area contributed by atoms with Crippen molar-refractivity contribution in [3.63, 3.8) is 0 Å². The molecule has 2 aromatic heterocycles. The molecule has 0 fully saturated rings. The Kier molecular flexibility index (Phi) is 4.73. The Hall–Kier alpha value is -3.61. The lowest BCUT2D eigenvalue weighted by atomic mass is 10.0. The van der Waals surface area contributed by atoms with E-state index in [-0.39, 0.29) is 25.3 Å². The highest BCUT2D eigenvalue weighted by Gasteiger charge is 2.16. The monoisotopic (exact) mass is 418 g/mol. The maximum atomic E-state index is 12.5. The predicted molar refractivity (Wildman–Crippen MR) is 116 cm³/mol. The highest BCUT2D eigenvalue weighted by molar-refractivity contribution is 5.82. The lowest BCUT2D eigenvalue weighted by Crippen LogP contribution is -2.23. The summed E-state index contributed by atoms with van der Waals surface area (Å²) in [5.74, 6) is -0.428. The Morgan fingerprint density at radius 3 is 2.61 bits per heavy atom. The molecule has 0 aliphatic heterocycles. The Morgan fingerprint density at radius 1 is 1.06 bits per heavy atom. The zero-order chi connectivity index (χ0) is 21.5. The van der Waals surface area contributed by atoms with Crippen LogP contribution in [-0.4, -0.2) is 15.1 Å². The number of rotatable bonds is 5. The van der Waals surface area contributed by atoms with Crippen LogP contribution in [0.5, 0.6) is 0 Å². The normalized spacial score (nSPS) is 13.1. The molecule has 4 aromatic rings. The Labute approximate surface area is 177 Å². The lowest BCUT2D eigenvalue weighted by molar-refractivity contribution is -0.145. The third-order valence-corrected chi connectivity index (χ3v) is 6.02. The van der Waals surface area contributed by atoms with Crippen LogP contribution in [0.3, 0.4) is 0 Å². The fourth-order valence-corrected chi connectivity index (χ4v) is 4.43. The molecule has 7 nitrogen and oxygen atoms in total. The van der Waals surface area contributed by atoms with Crippen LogP contribution < -0.4 is 11.3 Å². The highest BCUT2D eigenvalue weighted by atomic mass is 16.5. The molecular formula is C24H22N2O5. The van der Waals surface area contributed by atoms with E-state index in [1.807, 2.05) is 36.4 Å². The summed E-state index contributed by atoms with van der Waals surface area (Å²) in [6, 6.07) is 12.8. The van der Waals surface area contributed by atoms with Crippen molar-refractivity contribution in [2.75, 3.05) is 0 Å². The van der Waals surface area contributed by atoms with E-state index in [1.54, 1.807) is 16.2 Å². The third-order valence-electron chi connectivity index (χ3n) is 6.02. The Bertz CT molecular complexity index is 1440. The lowest BCUT2D eigenvalue weighted by Gasteiger charge is -2.09. The van der Waals surface area contributed by atoms with Gasteiger partial charge < -0.3 is 9.15 Å². The summed E-state index contributed by atoms with van der Waals surface area (Å²) in [6.07, 6.45) is 3.14. The second-order valence-electron chi connectivity index (χ2n) is 7.95. The second-order valence-corrected chi connectivity index (χ2v) is 7.95. The van der Waals surface area contributed by atoms with Crippen molar-refractivity contribution in [1.82, 2.24) is 9.13 Å². The van der Waals surface area contributed by atoms with Gasteiger partial charge in [0.05, 0.1) is 17.5 Å². The van der Waals surface area contributed by atoms with Gasteiger partial charge in [0.2, 0.25) is 0 Å². The van der Waals surface area contributed by atoms with Crippen LogP contribution in [0.1, 0.15) is 29.5 Å². The fourth-order valence-electron chi connectivity index (χ4n) is 4.43. The van der Waals surface area contributed by atoms with E-state index >= 15 is 0 Å². The first-order valence-electron chi connectivity index (χ1n) is 10.4. The van der Waals surface area contributed by atoms with Gasteiger partial charge >= 0.3 is 17.3 Å². The van der Waals surface area contributed by atoms with Crippen LogP contribution in [0.25, 0.3) is 22.0 Å². The first-order valence-corrected chi connectivity index (χ1v) is 10.4. The molecule has 7 heteroatoms. The zero-order valence-electron chi connectivity index (χ0n) is 17.2. The number of esters is 1. The molecule has 0 radical (unpaired) electrons. The average Bonchev–Trinajstić information content (AvgIpc) is 3.31. The van der Waals surface area contributed by atoms with Crippen LogP contribution in [0, 0.1) is 0 Å². The SMILES string of the molecule is Cn1c(=O)n(CCC(=O)OCc2cc(=O)oc3cc4c(cc23)CCC4)c2ccccc21. The van der Waals surface area contributed by atoms with Crippen molar-refractivity contribution < 1.29 is 13.9 Å². The van der Waals surface area contributed by atoms with E-state index < -0.39 is 11.6 Å². The Morgan fingerprint density at radius 2 is 1.81 bits per heavy atom. The molecule has 0 unspecified atom stereocenters. The van der Waals surface area contributed by atoms with Gasteiger partial charge in [0, 0.05) is 30.6 Å². The quantitative estimate of drug-likeness (QED) is 0.367. The summed E-state index contributed by atoms with van der Waals surface area (Å²) in [4.78, 5) is 36.9. The van der Waals surface area contributed by atoms with Gasteiger partial charge in [0.1, 0.15) is 12.2 Å². The van der Waals surface area contributed by atoms with E-state index in [1.165, 1.54) is 17.2 Å². The smallest absolute Gasteiger partial charge is 0.336 e. The molecule has 5 rings (SSSR count). The number of imidazole rings is 1. The molecule has 1 aliphatic rings. The number of aromatic nitrogens is 2. The van der Waals surface area contributed by atoms with E-state index in [9.17, 15) is 14.4 Å². The molecule has 2 heterocycles. The molecule has 0 saturated carbocycles. The number of benzene rings is 2. The number of hydrogen-bond donors (Lipinski definition) is 0. The van der Waals surface area contributed by atoms with Crippen LogP contribution in [-0.2, 0) is 42.6 Å². The minimum Gasteiger partial charge on any atom is -0.461 e. The molecule has 0 amide bonds. The highest BCUT2D eigenvalue weighted by Crippen LogP contribution is 2.28. The summed E-state index contributed by atoms with van der Waals surface area (Å²) >= 11 is 0. The molecule has 0 N–H and O–H groups in total. The van der Waals surface area contributed by atoms with Crippen molar-refractivity contribution >= 4 is 28.0 Å². The first-order chi connectivity index (χ1) is 15.0. The van der Waals surface area contributed by atoms with Gasteiger partial charge in [-0.05, 0) is 54.7 Å². The number of carbonyl (C=O) groups excluding carboxylic acids is 1. The van der Waals surface area contributed by atoms with E-state index in [0.717, 1.165) is 35.7 Å². The molecule has 0 bridgehead atoms. The van der Waals surface area contributed by atoms with E-state index in [0.29, 0.717) is 11.1 Å². The molecular weight excluding hydrogens is 396 g/mol. The number of aryl methyl sites for hydroxylation is 4. The van der Waals surface area contributed by atoms with Crippen LogP contribution in [0.2, 0.25) is 0 Å². The third kappa shape index (κ3) is 3.46. The van der Waals surface area contributed by atoms with E-state index in [2.05, 4.69) is 0 Å².